The van der Waals surface area contributed by atoms with E-state index in [1.807, 2.05) is 45.9 Å². The van der Waals surface area contributed by atoms with Crippen molar-refractivity contribution in [2.24, 2.45) is 0 Å². The molecular formula is C11H21FS. The second-order valence-electron chi connectivity index (χ2n) is 1.80. The highest BCUT2D eigenvalue weighted by Gasteiger charge is 1.71. The zero-order valence-corrected chi connectivity index (χ0v) is 10.1. The van der Waals surface area contributed by atoms with E-state index in [4.69, 9.17) is 0 Å². The van der Waals surface area contributed by atoms with E-state index in [9.17, 15) is 3.89 Å². The molecule has 0 saturated carbocycles. The van der Waals surface area contributed by atoms with Gasteiger partial charge in [-0.3, -0.25) is 0 Å². The second-order valence-corrected chi connectivity index (χ2v) is 2.11. The van der Waals surface area contributed by atoms with Crippen LogP contribution in [0.3, 0.4) is 0 Å². The molecule has 0 spiro atoms. The SMILES string of the molecule is C=C/C=C(C)\C=C/C.CC.CSF. The summed E-state index contributed by atoms with van der Waals surface area (Å²) in [6, 6.07) is 0. The third-order valence-electron chi connectivity index (χ3n) is 0.810. The first-order chi connectivity index (χ1) is 6.22. The predicted octanol–water partition coefficient (Wildman–Crippen LogP) is 4.95. The van der Waals surface area contributed by atoms with Gasteiger partial charge in [-0.25, -0.2) is 0 Å². The molecule has 0 bridgehead atoms. The summed E-state index contributed by atoms with van der Waals surface area (Å²) in [4.78, 5) is 0. The lowest BCUT2D eigenvalue weighted by Gasteiger charge is -1.82. The quantitative estimate of drug-likeness (QED) is 0.573. The van der Waals surface area contributed by atoms with Gasteiger partial charge in [0.25, 0.3) is 0 Å². The molecule has 0 aromatic heterocycles. The molecule has 0 fully saturated rings. The van der Waals surface area contributed by atoms with Crippen molar-refractivity contribution in [3.05, 3.63) is 36.5 Å². The lowest BCUT2D eigenvalue weighted by atomic mass is 10.2. The van der Waals surface area contributed by atoms with E-state index in [2.05, 4.69) is 6.58 Å². The molecular weight excluding hydrogens is 183 g/mol. The lowest BCUT2D eigenvalue weighted by Crippen LogP contribution is -1.61. The molecule has 0 atom stereocenters. The Morgan fingerprint density at radius 2 is 1.77 bits per heavy atom. The number of hydrogen-bond acceptors (Lipinski definition) is 1. The van der Waals surface area contributed by atoms with Gasteiger partial charge in [0.2, 0.25) is 0 Å². The third kappa shape index (κ3) is 34.3. The van der Waals surface area contributed by atoms with Gasteiger partial charge in [0, 0.05) is 18.4 Å². The van der Waals surface area contributed by atoms with Crippen LogP contribution in [-0.2, 0) is 0 Å². The highest BCUT2D eigenvalue weighted by atomic mass is 32.2. The monoisotopic (exact) mass is 204 g/mol. The van der Waals surface area contributed by atoms with Crippen molar-refractivity contribution in [3.63, 3.8) is 0 Å². The van der Waals surface area contributed by atoms with E-state index >= 15 is 0 Å². The topological polar surface area (TPSA) is 0 Å². The van der Waals surface area contributed by atoms with E-state index in [1.165, 1.54) is 11.8 Å². The van der Waals surface area contributed by atoms with Crippen LogP contribution < -0.4 is 0 Å². The Balaban J connectivity index is -0.000000169. The molecule has 0 unspecified atom stereocenters. The first-order valence-electron chi connectivity index (χ1n) is 4.29. The van der Waals surface area contributed by atoms with Gasteiger partial charge in [-0.1, -0.05) is 50.3 Å². The van der Waals surface area contributed by atoms with Gasteiger partial charge in [-0.2, -0.15) is 3.89 Å². The summed E-state index contributed by atoms with van der Waals surface area (Å²) < 4.78 is 10.2. The highest BCUT2D eigenvalue weighted by molar-refractivity contribution is 7.93. The summed E-state index contributed by atoms with van der Waals surface area (Å²) in [6.07, 6.45) is 9.19. The van der Waals surface area contributed by atoms with Crippen LogP contribution in [0, 0.1) is 0 Å². The van der Waals surface area contributed by atoms with Crippen molar-refractivity contribution < 1.29 is 3.89 Å². The van der Waals surface area contributed by atoms with E-state index in [1.54, 1.807) is 6.08 Å². The molecule has 78 valence electrons. The minimum absolute atomic E-state index is 0.250. The molecule has 0 rings (SSSR count). The molecule has 0 aliphatic rings. The predicted molar refractivity (Wildman–Crippen MR) is 64.7 cm³/mol. The van der Waals surface area contributed by atoms with Crippen molar-refractivity contribution >= 4 is 12.1 Å². The Morgan fingerprint density at radius 3 is 2.00 bits per heavy atom. The fourth-order valence-electron chi connectivity index (χ4n) is 0.504. The maximum absolute atomic E-state index is 10.2. The molecule has 13 heavy (non-hydrogen) atoms. The Kier molecular flexibility index (Phi) is 31.8. The summed E-state index contributed by atoms with van der Waals surface area (Å²) in [5, 5.41) is 0. The minimum Gasteiger partial charge on any atom is -0.166 e. The van der Waals surface area contributed by atoms with E-state index in [0.29, 0.717) is 0 Å². The molecule has 2 heteroatoms. The van der Waals surface area contributed by atoms with Crippen molar-refractivity contribution in [2.45, 2.75) is 27.7 Å². The first kappa shape index (κ1) is 18.3. The smallest absolute Gasteiger partial charge is 0.0408 e. The standard InChI is InChI=1S/C8H12.C2H6.CH3FS/c1-4-6-8(3)7-5-2;1-2;1-3-2/h4-7H,1H2,2-3H3;1-2H3;1H3/b7-5-,8-6-;;. The Labute approximate surface area is 86.9 Å². The molecule has 0 radical (unpaired) electrons. The van der Waals surface area contributed by atoms with Crippen LogP contribution in [0.2, 0.25) is 0 Å². The molecule has 0 aromatic carbocycles. The fourth-order valence-corrected chi connectivity index (χ4v) is 0.504. The largest absolute Gasteiger partial charge is 0.166 e. The van der Waals surface area contributed by atoms with E-state index in [0.717, 1.165) is 0 Å². The van der Waals surface area contributed by atoms with Crippen LogP contribution in [-0.4, -0.2) is 6.26 Å². The van der Waals surface area contributed by atoms with Crippen LogP contribution in [0.1, 0.15) is 27.7 Å². The van der Waals surface area contributed by atoms with Crippen molar-refractivity contribution in [2.75, 3.05) is 6.26 Å². The summed E-state index contributed by atoms with van der Waals surface area (Å²) in [5.74, 6) is 0. The van der Waals surface area contributed by atoms with Crippen LogP contribution in [0.15, 0.2) is 36.5 Å². The maximum atomic E-state index is 10.2. The molecule has 0 aliphatic carbocycles. The second kappa shape index (κ2) is 22.5. The Bertz CT molecular complexity index is 137. The molecule has 0 amide bonds. The summed E-state index contributed by atoms with van der Waals surface area (Å²) in [6.45, 7) is 11.6. The average molecular weight is 204 g/mol. The normalized spacial score (nSPS) is 9.54. The fraction of sp³-hybridized carbons (Fsp3) is 0.455. The van der Waals surface area contributed by atoms with Crippen LogP contribution in [0.4, 0.5) is 3.89 Å². The average Bonchev–Trinajstić information content (AvgIpc) is 2.10. The van der Waals surface area contributed by atoms with Gasteiger partial charge in [0.05, 0.1) is 0 Å². The van der Waals surface area contributed by atoms with Gasteiger partial charge >= 0.3 is 0 Å². The van der Waals surface area contributed by atoms with Crippen molar-refractivity contribution in [1.29, 1.82) is 0 Å². The summed E-state index contributed by atoms with van der Waals surface area (Å²) >= 11 is 0.250. The van der Waals surface area contributed by atoms with Gasteiger partial charge in [0.15, 0.2) is 0 Å². The van der Waals surface area contributed by atoms with Crippen LogP contribution in [0.5, 0.6) is 0 Å². The Morgan fingerprint density at radius 1 is 1.38 bits per heavy atom. The summed E-state index contributed by atoms with van der Waals surface area (Å²) in [7, 11) is 0. The number of halogens is 1. The van der Waals surface area contributed by atoms with Crippen LogP contribution >= 0.6 is 12.1 Å². The molecule has 0 N–H and O–H groups in total. The third-order valence-corrected chi connectivity index (χ3v) is 0.810. The van der Waals surface area contributed by atoms with Crippen LogP contribution in [0.25, 0.3) is 0 Å². The van der Waals surface area contributed by atoms with Gasteiger partial charge in [0.1, 0.15) is 0 Å². The van der Waals surface area contributed by atoms with Crippen molar-refractivity contribution in [1.82, 2.24) is 0 Å². The number of hydrogen-bond donors (Lipinski definition) is 0. The molecule has 0 saturated heterocycles. The molecule has 0 nitrogen and oxygen atoms in total. The van der Waals surface area contributed by atoms with Gasteiger partial charge in [-0.15, -0.1) is 0 Å². The minimum atomic E-state index is 0.250. The van der Waals surface area contributed by atoms with E-state index in [-0.39, 0.29) is 12.1 Å². The molecule has 0 aromatic rings. The van der Waals surface area contributed by atoms with Crippen molar-refractivity contribution in [3.8, 4) is 0 Å². The molecule has 0 aliphatic heterocycles. The Hall–Kier alpha value is -0.500. The van der Waals surface area contributed by atoms with E-state index < -0.39 is 0 Å². The summed E-state index contributed by atoms with van der Waals surface area (Å²) in [5.41, 5.74) is 1.24. The maximum Gasteiger partial charge on any atom is 0.0408 e. The number of rotatable bonds is 2. The highest BCUT2D eigenvalue weighted by Crippen LogP contribution is 1.92. The first-order valence-corrected chi connectivity index (χ1v) is 5.42. The van der Waals surface area contributed by atoms with Gasteiger partial charge < -0.3 is 0 Å². The zero-order chi connectivity index (χ0) is 11.1. The lowest BCUT2D eigenvalue weighted by molar-refractivity contribution is 0.944. The molecule has 0 heterocycles. The number of allylic oxidation sites excluding steroid dienone is 5. The van der Waals surface area contributed by atoms with Gasteiger partial charge in [-0.05, 0) is 13.8 Å². The zero-order valence-electron chi connectivity index (χ0n) is 9.30.